The van der Waals surface area contributed by atoms with Gasteiger partial charge in [-0.2, -0.15) is 0 Å². The predicted octanol–water partition coefficient (Wildman–Crippen LogP) is 2.47. The Morgan fingerprint density at radius 3 is 2.88 bits per heavy atom. The molecule has 1 aromatic rings. The number of carbonyl (C=O) groups excluding carboxylic acids is 1. The first-order valence-electron chi connectivity index (χ1n) is 4.50. The Morgan fingerprint density at radius 1 is 1.62 bits per heavy atom. The van der Waals surface area contributed by atoms with Gasteiger partial charge in [-0.15, -0.1) is 0 Å². The molecule has 0 aliphatic carbocycles. The minimum atomic E-state index is -0.614. The van der Waals surface area contributed by atoms with Crippen LogP contribution >= 0.6 is 15.9 Å². The lowest BCUT2D eigenvalue weighted by molar-refractivity contribution is 0.0950. The lowest BCUT2D eigenvalue weighted by atomic mass is 10.1. The Labute approximate surface area is 101 Å². The van der Waals surface area contributed by atoms with Gasteiger partial charge in [-0.05, 0) is 12.1 Å². The molecule has 0 saturated heterocycles. The molecule has 1 rings (SSSR count). The van der Waals surface area contributed by atoms with Crippen LogP contribution in [0.2, 0.25) is 0 Å². The summed E-state index contributed by atoms with van der Waals surface area (Å²) in [6.07, 6.45) is 0. The van der Waals surface area contributed by atoms with E-state index in [-0.39, 0.29) is 17.9 Å². The van der Waals surface area contributed by atoms with Crippen molar-refractivity contribution in [2.24, 2.45) is 0 Å². The molecule has 86 valence electrons. The summed E-state index contributed by atoms with van der Waals surface area (Å²) in [5.74, 6) is -0.940. The average molecular weight is 288 g/mol. The van der Waals surface area contributed by atoms with Gasteiger partial charge in [0, 0.05) is 11.0 Å². The van der Waals surface area contributed by atoms with Crippen LogP contribution in [0, 0.1) is 5.82 Å². The van der Waals surface area contributed by atoms with Gasteiger partial charge in [0.1, 0.15) is 17.1 Å². The van der Waals surface area contributed by atoms with Gasteiger partial charge in [-0.25, -0.2) is 4.39 Å². The maximum Gasteiger partial charge on any atom is 0.258 e. The molecule has 0 aliphatic heterocycles. The Kier molecular flexibility index (Phi) is 4.49. The van der Waals surface area contributed by atoms with Crippen LogP contribution in [0.15, 0.2) is 29.3 Å². The molecular formula is C11H11BrFNO2. The summed E-state index contributed by atoms with van der Waals surface area (Å²) in [5, 5.41) is 2.51. The number of ether oxygens (including phenoxy) is 1. The molecule has 1 N–H and O–H groups in total. The SMILES string of the molecule is C=C(Br)CNC(=O)c1c(F)cccc1OC. The molecule has 1 aromatic carbocycles. The second-order valence-corrected chi connectivity index (χ2v) is 4.14. The second kappa shape index (κ2) is 5.65. The fraction of sp³-hybridized carbons (Fsp3) is 0.182. The minimum absolute atomic E-state index is 0.0984. The minimum Gasteiger partial charge on any atom is -0.496 e. The predicted molar refractivity (Wildman–Crippen MR) is 63.4 cm³/mol. The van der Waals surface area contributed by atoms with E-state index in [1.165, 1.54) is 25.3 Å². The highest BCUT2D eigenvalue weighted by molar-refractivity contribution is 9.11. The van der Waals surface area contributed by atoms with Gasteiger partial charge in [-0.1, -0.05) is 28.6 Å². The quantitative estimate of drug-likeness (QED) is 0.924. The number of rotatable bonds is 4. The van der Waals surface area contributed by atoms with E-state index in [9.17, 15) is 9.18 Å². The summed E-state index contributed by atoms with van der Waals surface area (Å²) in [5.41, 5.74) is -0.0984. The topological polar surface area (TPSA) is 38.3 Å². The normalized spacial score (nSPS) is 9.69. The fourth-order valence-corrected chi connectivity index (χ4v) is 1.30. The first kappa shape index (κ1) is 12.7. The molecule has 0 fully saturated rings. The second-order valence-electron chi connectivity index (χ2n) is 3.02. The lowest BCUT2D eigenvalue weighted by Gasteiger charge is -2.09. The van der Waals surface area contributed by atoms with Crippen LogP contribution in [0.4, 0.5) is 4.39 Å². The lowest BCUT2D eigenvalue weighted by Crippen LogP contribution is -2.25. The highest BCUT2D eigenvalue weighted by Gasteiger charge is 2.16. The highest BCUT2D eigenvalue weighted by Crippen LogP contribution is 2.20. The van der Waals surface area contributed by atoms with Crippen LogP contribution in [-0.4, -0.2) is 19.6 Å². The highest BCUT2D eigenvalue weighted by atomic mass is 79.9. The Morgan fingerprint density at radius 2 is 2.31 bits per heavy atom. The van der Waals surface area contributed by atoms with E-state index in [0.29, 0.717) is 4.48 Å². The third-order valence-electron chi connectivity index (χ3n) is 1.86. The molecule has 0 heterocycles. The molecule has 0 atom stereocenters. The standard InChI is InChI=1S/C11H11BrFNO2/c1-7(12)6-14-11(15)10-8(13)4-3-5-9(10)16-2/h3-5H,1,6H2,2H3,(H,14,15). The monoisotopic (exact) mass is 287 g/mol. The number of hydrogen-bond acceptors (Lipinski definition) is 2. The van der Waals surface area contributed by atoms with Crippen molar-refractivity contribution in [3.63, 3.8) is 0 Å². The summed E-state index contributed by atoms with van der Waals surface area (Å²) in [6, 6.07) is 4.22. The van der Waals surface area contributed by atoms with Crippen molar-refractivity contribution in [3.8, 4) is 5.75 Å². The number of nitrogens with one attached hydrogen (secondary N) is 1. The fourth-order valence-electron chi connectivity index (χ4n) is 1.16. The summed E-state index contributed by atoms with van der Waals surface area (Å²) in [6.45, 7) is 3.80. The van der Waals surface area contributed by atoms with Crippen molar-refractivity contribution in [3.05, 3.63) is 40.6 Å². The zero-order valence-electron chi connectivity index (χ0n) is 8.72. The van der Waals surface area contributed by atoms with Crippen LogP contribution in [0.1, 0.15) is 10.4 Å². The summed E-state index contributed by atoms with van der Waals surface area (Å²) < 4.78 is 19.0. The summed E-state index contributed by atoms with van der Waals surface area (Å²) in [4.78, 5) is 11.7. The number of carbonyl (C=O) groups is 1. The molecule has 0 aliphatic rings. The third kappa shape index (κ3) is 3.06. The van der Waals surface area contributed by atoms with E-state index in [1.807, 2.05) is 0 Å². The van der Waals surface area contributed by atoms with Crippen molar-refractivity contribution in [2.75, 3.05) is 13.7 Å². The van der Waals surface area contributed by atoms with Gasteiger partial charge >= 0.3 is 0 Å². The van der Waals surface area contributed by atoms with Gasteiger partial charge in [0.15, 0.2) is 0 Å². The zero-order valence-corrected chi connectivity index (χ0v) is 10.3. The molecule has 1 amide bonds. The first-order chi connectivity index (χ1) is 7.56. The Bertz CT molecular complexity index is 420. The molecule has 0 spiro atoms. The number of benzene rings is 1. The molecule has 5 heteroatoms. The Hall–Kier alpha value is -1.36. The maximum atomic E-state index is 13.4. The zero-order chi connectivity index (χ0) is 12.1. The number of hydrogen-bond donors (Lipinski definition) is 1. The summed E-state index contributed by atoms with van der Waals surface area (Å²) >= 11 is 3.10. The van der Waals surface area contributed by atoms with Crippen LogP contribution in [0.25, 0.3) is 0 Å². The first-order valence-corrected chi connectivity index (χ1v) is 5.29. The molecule has 0 bridgehead atoms. The molecule has 0 radical (unpaired) electrons. The van der Waals surface area contributed by atoms with Gasteiger partial charge in [0.05, 0.1) is 7.11 Å². The Balaban J connectivity index is 2.93. The maximum absolute atomic E-state index is 13.4. The molecule has 16 heavy (non-hydrogen) atoms. The van der Waals surface area contributed by atoms with Gasteiger partial charge < -0.3 is 10.1 Å². The van der Waals surface area contributed by atoms with E-state index in [4.69, 9.17) is 4.74 Å². The van der Waals surface area contributed by atoms with Crippen molar-refractivity contribution in [1.29, 1.82) is 0 Å². The molecular weight excluding hydrogens is 277 g/mol. The number of amides is 1. The van der Waals surface area contributed by atoms with Crippen LogP contribution in [-0.2, 0) is 0 Å². The third-order valence-corrected chi connectivity index (χ3v) is 2.14. The van der Waals surface area contributed by atoms with Crippen molar-refractivity contribution in [2.45, 2.75) is 0 Å². The molecule has 0 aromatic heterocycles. The molecule has 3 nitrogen and oxygen atoms in total. The van der Waals surface area contributed by atoms with E-state index in [1.54, 1.807) is 0 Å². The summed E-state index contributed by atoms with van der Waals surface area (Å²) in [7, 11) is 1.38. The molecule has 0 saturated carbocycles. The number of halogens is 2. The van der Waals surface area contributed by atoms with E-state index >= 15 is 0 Å². The van der Waals surface area contributed by atoms with Gasteiger partial charge in [-0.3, -0.25) is 4.79 Å². The van der Waals surface area contributed by atoms with Crippen LogP contribution in [0.3, 0.4) is 0 Å². The number of methoxy groups -OCH3 is 1. The van der Waals surface area contributed by atoms with E-state index < -0.39 is 11.7 Å². The van der Waals surface area contributed by atoms with Crippen molar-refractivity contribution < 1.29 is 13.9 Å². The van der Waals surface area contributed by atoms with Crippen LogP contribution in [0.5, 0.6) is 5.75 Å². The average Bonchev–Trinajstić information content (AvgIpc) is 2.25. The van der Waals surface area contributed by atoms with Crippen molar-refractivity contribution in [1.82, 2.24) is 5.32 Å². The largest absolute Gasteiger partial charge is 0.496 e. The molecule has 0 unspecified atom stereocenters. The van der Waals surface area contributed by atoms with Crippen molar-refractivity contribution >= 4 is 21.8 Å². The van der Waals surface area contributed by atoms with Crippen LogP contribution < -0.4 is 10.1 Å². The van der Waals surface area contributed by atoms with E-state index in [0.717, 1.165) is 0 Å². The van der Waals surface area contributed by atoms with E-state index in [2.05, 4.69) is 27.8 Å². The van der Waals surface area contributed by atoms with Gasteiger partial charge in [0.25, 0.3) is 5.91 Å². The smallest absolute Gasteiger partial charge is 0.258 e. The van der Waals surface area contributed by atoms with Gasteiger partial charge in [0.2, 0.25) is 0 Å².